The van der Waals surface area contributed by atoms with Crippen LogP contribution < -0.4 is 0 Å². The highest BCUT2D eigenvalue weighted by molar-refractivity contribution is 4.79. The van der Waals surface area contributed by atoms with Crippen LogP contribution in [0.5, 0.6) is 0 Å². The van der Waals surface area contributed by atoms with Crippen molar-refractivity contribution in [1.82, 2.24) is 4.90 Å². The average molecular weight is 287 g/mol. The third-order valence-corrected chi connectivity index (χ3v) is 3.80. The fourth-order valence-corrected chi connectivity index (χ4v) is 2.40. The van der Waals surface area contributed by atoms with E-state index in [-0.39, 0.29) is 0 Å². The predicted octanol–water partition coefficient (Wildman–Crippen LogP) is 2.71. The van der Waals surface area contributed by atoms with Crippen molar-refractivity contribution in [2.75, 3.05) is 53.2 Å². The minimum atomic E-state index is 0.487. The van der Waals surface area contributed by atoms with Gasteiger partial charge in [-0.3, -0.25) is 4.90 Å². The molecule has 1 aliphatic heterocycles. The van der Waals surface area contributed by atoms with Crippen molar-refractivity contribution >= 4 is 0 Å². The van der Waals surface area contributed by atoms with Gasteiger partial charge in [-0.25, -0.2) is 0 Å². The van der Waals surface area contributed by atoms with Gasteiger partial charge in [-0.2, -0.15) is 0 Å². The molecule has 0 radical (unpaired) electrons. The van der Waals surface area contributed by atoms with Crippen molar-refractivity contribution in [1.29, 1.82) is 0 Å². The standard InChI is InChI=1S/C16H33NO3/c1-3-19-11-8-5-9-13-20-12-7-4-6-10-17-14-16(15-17)18-2/h16H,3-15H2,1-2H3. The summed E-state index contributed by atoms with van der Waals surface area (Å²) in [5, 5.41) is 0. The first kappa shape index (κ1) is 17.9. The van der Waals surface area contributed by atoms with Gasteiger partial charge in [0.1, 0.15) is 0 Å². The lowest BCUT2D eigenvalue weighted by atomic mass is 10.1. The number of methoxy groups -OCH3 is 1. The van der Waals surface area contributed by atoms with Crippen LogP contribution in [-0.4, -0.2) is 64.2 Å². The van der Waals surface area contributed by atoms with Crippen LogP contribution in [0.4, 0.5) is 0 Å². The molecule has 0 bridgehead atoms. The van der Waals surface area contributed by atoms with Gasteiger partial charge in [0.05, 0.1) is 6.10 Å². The lowest BCUT2D eigenvalue weighted by Gasteiger charge is -2.38. The van der Waals surface area contributed by atoms with Gasteiger partial charge in [0.2, 0.25) is 0 Å². The van der Waals surface area contributed by atoms with Crippen molar-refractivity contribution in [2.45, 2.75) is 51.6 Å². The molecular formula is C16H33NO3. The highest BCUT2D eigenvalue weighted by Crippen LogP contribution is 2.11. The Morgan fingerprint density at radius 2 is 1.45 bits per heavy atom. The zero-order chi connectivity index (χ0) is 14.5. The van der Waals surface area contributed by atoms with Crippen LogP contribution >= 0.6 is 0 Å². The smallest absolute Gasteiger partial charge is 0.0824 e. The predicted molar refractivity (Wildman–Crippen MR) is 82.3 cm³/mol. The molecule has 1 heterocycles. The van der Waals surface area contributed by atoms with Gasteiger partial charge in [-0.05, 0) is 52.0 Å². The molecule has 4 heteroatoms. The van der Waals surface area contributed by atoms with Crippen molar-refractivity contribution in [3.05, 3.63) is 0 Å². The quantitative estimate of drug-likeness (QED) is 0.460. The normalized spacial score (nSPS) is 16.5. The summed E-state index contributed by atoms with van der Waals surface area (Å²) in [6.45, 7) is 9.07. The van der Waals surface area contributed by atoms with E-state index in [1.54, 1.807) is 7.11 Å². The lowest BCUT2D eigenvalue weighted by Crippen LogP contribution is -2.51. The molecule has 0 amide bonds. The minimum Gasteiger partial charge on any atom is -0.382 e. The van der Waals surface area contributed by atoms with Gasteiger partial charge in [0, 0.05) is 46.6 Å². The fraction of sp³-hybridized carbons (Fsp3) is 1.00. The molecule has 20 heavy (non-hydrogen) atoms. The molecule has 1 saturated heterocycles. The first-order valence-corrected chi connectivity index (χ1v) is 8.27. The van der Waals surface area contributed by atoms with Crippen LogP contribution in [0.25, 0.3) is 0 Å². The minimum absolute atomic E-state index is 0.487. The SMILES string of the molecule is CCOCCCCCOCCCCCN1CC(OC)C1. The van der Waals surface area contributed by atoms with Crippen LogP contribution in [-0.2, 0) is 14.2 Å². The van der Waals surface area contributed by atoms with Gasteiger partial charge >= 0.3 is 0 Å². The molecule has 1 rings (SSSR count). The van der Waals surface area contributed by atoms with Gasteiger partial charge in [-0.1, -0.05) is 0 Å². The van der Waals surface area contributed by atoms with Crippen LogP contribution in [0.15, 0.2) is 0 Å². The maximum atomic E-state index is 5.65. The summed E-state index contributed by atoms with van der Waals surface area (Å²) in [6.07, 6.45) is 7.79. The van der Waals surface area contributed by atoms with Gasteiger partial charge in [-0.15, -0.1) is 0 Å². The van der Waals surface area contributed by atoms with Crippen LogP contribution in [0.2, 0.25) is 0 Å². The molecule has 120 valence electrons. The molecule has 0 spiro atoms. The van der Waals surface area contributed by atoms with E-state index in [0.29, 0.717) is 6.10 Å². The number of hydrogen-bond donors (Lipinski definition) is 0. The maximum Gasteiger partial charge on any atom is 0.0824 e. The molecule has 0 atom stereocenters. The number of rotatable bonds is 14. The summed E-state index contributed by atoms with van der Waals surface area (Å²) >= 11 is 0. The Kier molecular flexibility index (Phi) is 11.2. The second kappa shape index (κ2) is 12.6. The van der Waals surface area contributed by atoms with E-state index in [2.05, 4.69) is 4.90 Å². The molecule has 1 fully saturated rings. The number of ether oxygens (including phenoxy) is 3. The van der Waals surface area contributed by atoms with E-state index < -0.39 is 0 Å². The molecule has 4 nitrogen and oxygen atoms in total. The second-order valence-corrected chi connectivity index (χ2v) is 5.55. The number of nitrogens with zero attached hydrogens (tertiary/aromatic N) is 1. The lowest BCUT2D eigenvalue weighted by molar-refractivity contribution is -0.0298. The summed E-state index contributed by atoms with van der Waals surface area (Å²) in [4.78, 5) is 2.47. The fourth-order valence-electron chi connectivity index (χ4n) is 2.40. The Hall–Kier alpha value is -0.160. The molecule has 0 N–H and O–H groups in total. The number of unbranched alkanes of at least 4 members (excludes halogenated alkanes) is 4. The van der Waals surface area contributed by atoms with Crippen molar-refractivity contribution < 1.29 is 14.2 Å². The molecular weight excluding hydrogens is 254 g/mol. The van der Waals surface area contributed by atoms with E-state index in [0.717, 1.165) is 45.9 Å². The Morgan fingerprint density at radius 3 is 2.05 bits per heavy atom. The van der Waals surface area contributed by atoms with Crippen LogP contribution in [0.3, 0.4) is 0 Å². The van der Waals surface area contributed by atoms with E-state index in [1.165, 1.54) is 38.6 Å². The zero-order valence-electron chi connectivity index (χ0n) is 13.4. The Labute approximate surface area is 124 Å². The van der Waals surface area contributed by atoms with Crippen molar-refractivity contribution in [3.63, 3.8) is 0 Å². The summed E-state index contributed by atoms with van der Waals surface area (Å²) in [5.41, 5.74) is 0. The summed E-state index contributed by atoms with van der Waals surface area (Å²) in [7, 11) is 1.80. The molecule has 0 aromatic heterocycles. The molecule has 0 aromatic rings. The van der Waals surface area contributed by atoms with E-state index >= 15 is 0 Å². The monoisotopic (exact) mass is 287 g/mol. The third-order valence-electron chi connectivity index (χ3n) is 3.80. The summed E-state index contributed by atoms with van der Waals surface area (Å²) in [5.74, 6) is 0. The first-order valence-electron chi connectivity index (χ1n) is 8.27. The molecule has 1 aliphatic rings. The Balaban J connectivity index is 1.67. The van der Waals surface area contributed by atoms with Crippen LogP contribution in [0, 0.1) is 0 Å². The average Bonchev–Trinajstić information content (AvgIpc) is 2.42. The maximum absolute atomic E-state index is 5.65. The first-order chi connectivity index (χ1) is 9.86. The summed E-state index contributed by atoms with van der Waals surface area (Å²) in [6, 6.07) is 0. The second-order valence-electron chi connectivity index (χ2n) is 5.55. The third kappa shape index (κ3) is 8.90. The molecule has 0 saturated carbocycles. The number of hydrogen-bond acceptors (Lipinski definition) is 4. The highest BCUT2D eigenvalue weighted by Gasteiger charge is 2.25. The number of likely N-dealkylation sites (tertiary alicyclic amines) is 1. The molecule has 0 unspecified atom stereocenters. The van der Waals surface area contributed by atoms with Crippen molar-refractivity contribution in [3.8, 4) is 0 Å². The Bertz CT molecular complexity index is 208. The molecule has 0 aromatic carbocycles. The van der Waals surface area contributed by atoms with Crippen LogP contribution in [0.1, 0.15) is 45.4 Å². The largest absolute Gasteiger partial charge is 0.382 e. The van der Waals surface area contributed by atoms with E-state index in [4.69, 9.17) is 14.2 Å². The van der Waals surface area contributed by atoms with Crippen molar-refractivity contribution in [2.24, 2.45) is 0 Å². The van der Waals surface area contributed by atoms with Gasteiger partial charge in [0.25, 0.3) is 0 Å². The highest BCUT2D eigenvalue weighted by atomic mass is 16.5. The van der Waals surface area contributed by atoms with Gasteiger partial charge in [0.15, 0.2) is 0 Å². The van der Waals surface area contributed by atoms with E-state index in [1.807, 2.05) is 6.92 Å². The van der Waals surface area contributed by atoms with E-state index in [9.17, 15) is 0 Å². The Morgan fingerprint density at radius 1 is 0.850 bits per heavy atom. The summed E-state index contributed by atoms with van der Waals surface area (Å²) < 4.78 is 16.2. The topological polar surface area (TPSA) is 30.9 Å². The van der Waals surface area contributed by atoms with Gasteiger partial charge < -0.3 is 14.2 Å². The molecule has 0 aliphatic carbocycles. The zero-order valence-corrected chi connectivity index (χ0v) is 13.4.